The molecule has 3 aromatic heterocycles. The molecule has 0 unspecified atom stereocenters. The molecule has 4 rings (SSSR count). The number of fused-ring (bicyclic) bond motifs is 1. The van der Waals surface area contributed by atoms with Crippen molar-refractivity contribution in [2.45, 2.75) is 31.9 Å². The Labute approximate surface area is 144 Å². The van der Waals surface area contributed by atoms with Gasteiger partial charge in [-0.3, -0.25) is 4.40 Å². The third-order valence-electron chi connectivity index (χ3n) is 4.68. The predicted octanol–water partition coefficient (Wildman–Crippen LogP) is 1.48. The second-order valence-electron chi connectivity index (χ2n) is 6.71. The van der Waals surface area contributed by atoms with E-state index in [1.807, 2.05) is 43.1 Å². The van der Waals surface area contributed by atoms with Gasteiger partial charge < -0.3 is 10.0 Å². The summed E-state index contributed by atoms with van der Waals surface area (Å²) in [5.41, 5.74) is 0.669. The number of β-amino-alcohol motifs (C(OH)–C–C–N with tert-alkyl or cyclic N) is 1. The van der Waals surface area contributed by atoms with Gasteiger partial charge in [-0.05, 0) is 26.0 Å². The summed E-state index contributed by atoms with van der Waals surface area (Å²) < 4.78 is 3.50. The highest BCUT2D eigenvalue weighted by atomic mass is 16.3. The maximum absolute atomic E-state index is 11.1. The Morgan fingerprint density at radius 3 is 2.92 bits per heavy atom. The van der Waals surface area contributed by atoms with Gasteiger partial charge in [-0.15, -0.1) is 5.10 Å². The van der Waals surface area contributed by atoms with Crippen molar-refractivity contribution in [2.75, 3.05) is 18.0 Å². The van der Waals surface area contributed by atoms with Crippen LogP contribution in [0, 0.1) is 11.3 Å². The van der Waals surface area contributed by atoms with Crippen LogP contribution in [0.15, 0.2) is 30.6 Å². The van der Waals surface area contributed by atoms with Crippen LogP contribution in [0.2, 0.25) is 0 Å². The Hall–Kier alpha value is -2.92. The second-order valence-corrected chi connectivity index (χ2v) is 6.71. The largest absolute Gasteiger partial charge is 0.381 e. The zero-order chi connectivity index (χ0) is 17.6. The lowest BCUT2D eigenvalue weighted by Gasteiger charge is -2.21. The van der Waals surface area contributed by atoms with Crippen LogP contribution < -0.4 is 4.90 Å². The first-order valence-electron chi connectivity index (χ1n) is 8.29. The van der Waals surface area contributed by atoms with E-state index in [0.29, 0.717) is 36.7 Å². The summed E-state index contributed by atoms with van der Waals surface area (Å²) in [6.45, 7) is 4.96. The zero-order valence-electron chi connectivity index (χ0n) is 14.2. The molecule has 1 fully saturated rings. The molecule has 0 aromatic carbocycles. The highest BCUT2D eigenvalue weighted by Crippen LogP contribution is 2.34. The van der Waals surface area contributed by atoms with Gasteiger partial charge in [-0.25, -0.2) is 9.67 Å². The van der Waals surface area contributed by atoms with Crippen LogP contribution in [-0.4, -0.2) is 42.6 Å². The molecule has 1 aliphatic rings. The van der Waals surface area contributed by atoms with Crippen LogP contribution >= 0.6 is 0 Å². The van der Waals surface area contributed by atoms with Gasteiger partial charge in [-0.2, -0.15) is 5.26 Å². The third-order valence-corrected chi connectivity index (χ3v) is 4.68. The number of rotatable bonds is 3. The number of aromatic nitrogens is 5. The van der Waals surface area contributed by atoms with E-state index in [1.165, 1.54) is 0 Å². The number of pyridine rings is 1. The van der Waals surface area contributed by atoms with Crippen molar-refractivity contribution in [1.82, 2.24) is 24.4 Å². The fourth-order valence-electron chi connectivity index (χ4n) is 3.23. The van der Waals surface area contributed by atoms with E-state index < -0.39 is 5.60 Å². The Morgan fingerprint density at radius 1 is 1.36 bits per heavy atom. The van der Waals surface area contributed by atoms with E-state index in [2.05, 4.69) is 21.4 Å². The molecule has 4 heterocycles. The summed E-state index contributed by atoms with van der Waals surface area (Å²) >= 11 is 0. The van der Waals surface area contributed by atoms with E-state index in [4.69, 9.17) is 0 Å². The normalized spacial score (nSPS) is 20.5. The first kappa shape index (κ1) is 15.6. The summed E-state index contributed by atoms with van der Waals surface area (Å²) in [7, 11) is 0. The van der Waals surface area contributed by atoms with Gasteiger partial charge >= 0.3 is 0 Å². The van der Waals surface area contributed by atoms with Crippen LogP contribution in [0.4, 0.5) is 5.82 Å². The SMILES string of the molecule is CC(C)n1cc([C@]2(O)CCN(c3nc4ccccn4c3C#N)C2)nn1. The van der Waals surface area contributed by atoms with Crippen molar-refractivity contribution in [3.8, 4) is 6.07 Å². The quantitative estimate of drug-likeness (QED) is 0.778. The molecule has 8 heteroatoms. The summed E-state index contributed by atoms with van der Waals surface area (Å²) in [5, 5.41) is 28.8. The summed E-state index contributed by atoms with van der Waals surface area (Å²) in [5.74, 6) is 0.598. The molecule has 1 atom stereocenters. The fourth-order valence-corrected chi connectivity index (χ4v) is 3.23. The highest BCUT2D eigenvalue weighted by molar-refractivity contribution is 5.61. The Bertz CT molecular complexity index is 967. The summed E-state index contributed by atoms with van der Waals surface area (Å²) in [6, 6.07) is 8.03. The highest BCUT2D eigenvalue weighted by Gasteiger charge is 2.41. The van der Waals surface area contributed by atoms with E-state index in [0.717, 1.165) is 5.65 Å². The minimum Gasteiger partial charge on any atom is -0.381 e. The Kier molecular flexibility index (Phi) is 3.47. The molecule has 8 nitrogen and oxygen atoms in total. The maximum atomic E-state index is 11.1. The Morgan fingerprint density at radius 2 is 2.20 bits per heavy atom. The number of nitriles is 1. The minimum absolute atomic E-state index is 0.186. The molecule has 1 saturated heterocycles. The summed E-state index contributed by atoms with van der Waals surface area (Å²) in [4.78, 5) is 6.52. The molecule has 128 valence electrons. The first-order chi connectivity index (χ1) is 12.0. The van der Waals surface area contributed by atoms with Crippen molar-refractivity contribution in [2.24, 2.45) is 0 Å². The molecule has 3 aromatic rings. The standard InChI is InChI=1S/C17H19N7O/c1-12(2)24-10-14(20-21-24)17(25)6-8-22(11-17)16-13(9-18)23-7-4-3-5-15(23)19-16/h3-5,7,10,12,25H,6,8,11H2,1-2H3/t17-/m0/s1. The average Bonchev–Trinajstić information content (AvgIpc) is 3.31. The van der Waals surface area contributed by atoms with Crippen molar-refractivity contribution in [1.29, 1.82) is 5.26 Å². The van der Waals surface area contributed by atoms with Crippen LogP contribution in [0.5, 0.6) is 0 Å². The molecule has 0 spiro atoms. The fraction of sp³-hybridized carbons (Fsp3) is 0.412. The zero-order valence-corrected chi connectivity index (χ0v) is 14.2. The monoisotopic (exact) mass is 337 g/mol. The van der Waals surface area contributed by atoms with Crippen molar-refractivity contribution >= 4 is 11.5 Å². The number of aliphatic hydroxyl groups is 1. The molecular weight excluding hydrogens is 318 g/mol. The molecule has 0 saturated carbocycles. The van der Waals surface area contributed by atoms with Gasteiger partial charge in [0.05, 0.1) is 12.7 Å². The smallest absolute Gasteiger partial charge is 0.169 e. The van der Waals surface area contributed by atoms with E-state index in [-0.39, 0.29) is 6.04 Å². The van der Waals surface area contributed by atoms with Gasteiger partial charge in [0.2, 0.25) is 0 Å². The van der Waals surface area contributed by atoms with E-state index in [1.54, 1.807) is 15.3 Å². The van der Waals surface area contributed by atoms with Crippen LogP contribution in [0.25, 0.3) is 5.65 Å². The molecule has 0 bridgehead atoms. The van der Waals surface area contributed by atoms with Crippen molar-refractivity contribution < 1.29 is 5.11 Å². The van der Waals surface area contributed by atoms with Gasteiger partial charge in [-0.1, -0.05) is 11.3 Å². The Balaban J connectivity index is 1.67. The average molecular weight is 337 g/mol. The molecule has 0 radical (unpaired) electrons. The first-order valence-corrected chi connectivity index (χ1v) is 8.29. The number of hydrogen-bond acceptors (Lipinski definition) is 6. The molecular formula is C17H19N7O. The van der Waals surface area contributed by atoms with E-state index in [9.17, 15) is 10.4 Å². The summed E-state index contributed by atoms with van der Waals surface area (Å²) in [6.07, 6.45) is 4.13. The molecule has 1 N–H and O–H groups in total. The predicted molar refractivity (Wildman–Crippen MR) is 91.0 cm³/mol. The third kappa shape index (κ3) is 2.44. The molecule has 0 aliphatic carbocycles. The molecule has 1 aliphatic heterocycles. The topological polar surface area (TPSA) is 95.3 Å². The number of nitrogens with zero attached hydrogens (tertiary/aromatic N) is 7. The van der Waals surface area contributed by atoms with Crippen LogP contribution in [0.1, 0.15) is 37.7 Å². The van der Waals surface area contributed by atoms with Gasteiger partial charge in [0, 0.05) is 25.2 Å². The molecule has 0 amide bonds. The van der Waals surface area contributed by atoms with Gasteiger partial charge in [0.1, 0.15) is 23.0 Å². The van der Waals surface area contributed by atoms with E-state index >= 15 is 0 Å². The lowest BCUT2D eigenvalue weighted by Crippen LogP contribution is -2.31. The second kappa shape index (κ2) is 5.57. The minimum atomic E-state index is -1.09. The maximum Gasteiger partial charge on any atom is 0.169 e. The van der Waals surface area contributed by atoms with Gasteiger partial charge in [0.25, 0.3) is 0 Å². The van der Waals surface area contributed by atoms with Crippen LogP contribution in [-0.2, 0) is 5.60 Å². The lowest BCUT2D eigenvalue weighted by atomic mass is 10.00. The lowest BCUT2D eigenvalue weighted by molar-refractivity contribution is 0.0559. The van der Waals surface area contributed by atoms with Gasteiger partial charge in [0.15, 0.2) is 11.5 Å². The van der Waals surface area contributed by atoms with Crippen LogP contribution in [0.3, 0.4) is 0 Å². The number of hydrogen-bond donors (Lipinski definition) is 1. The number of anilines is 1. The van der Waals surface area contributed by atoms with Crippen molar-refractivity contribution in [3.63, 3.8) is 0 Å². The van der Waals surface area contributed by atoms with Crippen molar-refractivity contribution in [3.05, 3.63) is 42.0 Å². The molecule has 25 heavy (non-hydrogen) atoms. The number of imidazole rings is 1.